The molecular formula is C18H22ClN3O. The highest BCUT2D eigenvalue weighted by Gasteiger charge is 2.30. The van der Waals surface area contributed by atoms with Crippen molar-refractivity contribution in [1.82, 2.24) is 14.7 Å². The topological polar surface area (TPSA) is 30.3 Å². The van der Waals surface area contributed by atoms with E-state index in [0.29, 0.717) is 0 Å². The van der Waals surface area contributed by atoms with Crippen LogP contribution in [-0.4, -0.2) is 34.4 Å². The molecule has 2 fully saturated rings. The quantitative estimate of drug-likeness (QED) is 0.858. The molecule has 2 aromatic rings. The van der Waals surface area contributed by atoms with E-state index in [4.69, 9.17) is 16.3 Å². The molecule has 1 aliphatic carbocycles. The van der Waals surface area contributed by atoms with Crippen LogP contribution in [0.2, 0.25) is 5.02 Å². The van der Waals surface area contributed by atoms with Crippen molar-refractivity contribution in [1.29, 1.82) is 0 Å². The second-order valence-corrected chi connectivity index (χ2v) is 7.04. The molecule has 0 spiro atoms. The van der Waals surface area contributed by atoms with Gasteiger partial charge < -0.3 is 4.74 Å². The summed E-state index contributed by atoms with van der Waals surface area (Å²) in [6.07, 6.45) is 4.79. The van der Waals surface area contributed by atoms with E-state index >= 15 is 0 Å². The maximum absolute atomic E-state index is 5.98. The molecule has 1 aromatic carbocycles. The van der Waals surface area contributed by atoms with Crippen LogP contribution in [-0.2, 0) is 18.3 Å². The summed E-state index contributed by atoms with van der Waals surface area (Å²) >= 11 is 5.98. The number of hydrogen-bond acceptors (Lipinski definition) is 3. The fourth-order valence-corrected chi connectivity index (χ4v) is 3.59. The Morgan fingerprint density at radius 2 is 2.04 bits per heavy atom. The van der Waals surface area contributed by atoms with Crippen molar-refractivity contribution in [3.63, 3.8) is 0 Å². The molecule has 1 aromatic heterocycles. The SMILES string of the molecule is Cn1ncc(CN2CCOC(c3ccc(Cl)cc3)C2)c1C1CC1. The largest absolute Gasteiger partial charge is 0.371 e. The lowest BCUT2D eigenvalue weighted by molar-refractivity contribution is -0.0330. The molecule has 0 radical (unpaired) electrons. The zero-order valence-electron chi connectivity index (χ0n) is 13.4. The van der Waals surface area contributed by atoms with Crippen molar-refractivity contribution in [3.8, 4) is 0 Å². The first kappa shape index (κ1) is 15.2. The molecule has 4 rings (SSSR count). The Morgan fingerprint density at radius 3 is 2.78 bits per heavy atom. The molecule has 23 heavy (non-hydrogen) atoms. The number of rotatable bonds is 4. The van der Waals surface area contributed by atoms with E-state index < -0.39 is 0 Å². The predicted octanol–water partition coefficient (Wildman–Crippen LogP) is 3.52. The average Bonchev–Trinajstić information content (AvgIpc) is 3.33. The van der Waals surface area contributed by atoms with E-state index in [1.807, 2.05) is 18.3 Å². The van der Waals surface area contributed by atoms with Crippen molar-refractivity contribution in [3.05, 3.63) is 52.3 Å². The van der Waals surface area contributed by atoms with Gasteiger partial charge >= 0.3 is 0 Å². The number of aryl methyl sites for hydroxylation is 1. The summed E-state index contributed by atoms with van der Waals surface area (Å²) in [7, 11) is 2.06. The third kappa shape index (κ3) is 3.30. The Hall–Kier alpha value is -1.36. The average molecular weight is 332 g/mol. The van der Waals surface area contributed by atoms with Gasteiger partial charge in [-0.15, -0.1) is 0 Å². The number of benzene rings is 1. The van der Waals surface area contributed by atoms with Gasteiger partial charge in [-0.3, -0.25) is 9.58 Å². The fraction of sp³-hybridized carbons (Fsp3) is 0.500. The van der Waals surface area contributed by atoms with Crippen molar-refractivity contribution in [2.24, 2.45) is 7.05 Å². The smallest absolute Gasteiger partial charge is 0.0952 e. The van der Waals surface area contributed by atoms with Gasteiger partial charge in [-0.25, -0.2) is 0 Å². The zero-order chi connectivity index (χ0) is 15.8. The Bertz CT molecular complexity index is 678. The Balaban J connectivity index is 1.46. The first-order valence-corrected chi connectivity index (χ1v) is 8.68. The second kappa shape index (κ2) is 6.27. The third-order valence-corrected chi connectivity index (χ3v) is 5.07. The molecular weight excluding hydrogens is 310 g/mol. The third-order valence-electron chi connectivity index (χ3n) is 4.81. The van der Waals surface area contributed by atoms with E-state index in [-0.39, 0.29) is 6.10 Å². The van der Waals surface area contributed by atoms with Crippen LogP contribution < -0.4 is 0 Å². The summed E-state index contributed by atoms with van der Waals surface area (Å²) in [4.78, 5) is 2.48. The maximum atomic E-state index is 5.98. The number of hydrogen-bond donors (Lipinski definition) is 0. The number of nitrogens with zero attached hydrogens (tertiary/aromatic N) is 3. The van der Waals surface area contributed by atoms with Crippen molar-refractivity contribution < 1.29 is 4.74 Å². The van der Waals surface area contributed by atoms with Gasteiger partial charge in [0.15, 0.2) is 0 Å². The molecule has 5 heteroatoms. The van der Waals surface area contributed by atoms with Crippen LogP contribution in [0, 0.1) is 0 Å². The summed E-state index contributed by atoms with van der Waals surface area (Å²) in [6, 6.07) is 8.00. The highest BCUT2D eigenvalue weighted by atomic mass is 35.5. The molecule has 1 saturated carbocycles. The Kier molecular flexibility index (Phi) is 4.14. The van der Waals surface area contributed by atoms with Gasteiger partial charge in [0.25, 0.3) is 0 Å². The lowest BCUT2D eigenvalue weighted by Gasteiger charge is -2.33. The summed E-state index contributed by atoms with van der Waals surface area (Å²) in [5, 5.41) is 5.24. The number of halogens is 1. The van der Waals surface area contributed by atoms with Gasteiger partial charge in [-0.1, -0.05) is 23.7 Å². The standard InChI is InChI=1S/C18H22ClN3O/c1-21-18(14-2-3-14)15(10-20-21)11-22-8-9-23-17(12-22)13-4-6-16(19)7-5-13/h4-7,10,14,17H,2-3,8-9,11-12H2,1H3. The number of aromatic nitrogens is 2. The fourth-order valence-electron chi connectivity index (χ4n) is 3.46. The number of ether oxygens (including phenoxy) is 1. The van der Waals surface area contributed by atoms with Crippen molar-refractivity contribution in [2.75, 3.05) is 19.7 Å². The van der Waals surface area contributed by atoms with Crippen LogP contribution in [0.4, 0.5) is 0 Å². The lowest BCUT2D eigenvalue weighted by Crippen LogP contribution is -2.37. The summed E-state index contributed by atoms with van der Waals surface area (Å²) < 4.78 is 8.02. The van der Waals surface area contributed by atoms with Gasteiger partial charge in [0.2, 0.25) is 0 Å². The molecule has 0 N–H and O–H groups in total. The minimum atomic E-state index is 0.127. The van der Waals surface area contributed by atoms with Gasteiger partial charge in [0.1, 0.15) is 0 Å². The van der Waals surface area contributed by atoms with E-state index in [9.17, 15) is 0 Å². The van der Waals surface area contributed by atoms with E-state index in [0.717, 1.165) is 37.2 Å². The molecule has 2 aliphatic rings. The monoisotopic (exact) mass is 331 g/mol. The molecule has 1 saturated heterocycles. The molecule has 1 atom stereocenters. The highest BCUT2D eigenvalue weighted by Crippen LogP contribution is 2.41. The summed E-state index contributed by atoms with van der Waals surface area (Å²) in [5.41, 5.74) is 4.01. The Morgan fingerprint density at radius 1 is 1.26 bits per heavy atom. The van der Waals surface area contributed by atoms with E-state index in [1.54, 1.807) is 0 Å². The molecule has 122 valence electrons. The predicted molar refractivity (Wildman–Crippen MR) is 90.6 cm³/mol. The lowest BCUT2D eigenvalue weighted by atomic mass is 10.1. The summed E-state index contributed by atoms with van der Waals surface area (Å²) in [6.45, 7) is 3.63. The van der Waals surface area contributed by atoms with E-state index in [2.05, 4.69) is 33.9 Å². The van der Waals surface area contributed by atoms with Gasteiger partial charge in [-0.05, 0) is 30.5 Å². The highest BCUT2D eigenvalue weighted by molar-refractivity contribution is 6.30. The zero-order valence-corrected chi connectivity index (χ0v) is 14.2. The van der Waals surface area contributed by atoms with Gasteiger partial charge in [0.05, 0.1) is 18.9 Å². The molecule has 4 nitrogen and oxygen atoms in total. The van der Waals surface area contributed by atoms with Crippen molar-refractivity contribution >= 4 is 11.6 Å². The minimum absolute atomic E-state index is 0.127. The van der Waals surface area contributed by atoms with Crippen LogP contribution >= 0.6 is 11.6 Å². The molecule has 0 bridgehead atoms. The normalized spacial score (nSPS) is 22.4. The van der Waals surface area contributed by atoms with Gasteiger partial charge in [0, 0.05) is 48.9 Å². The maximum Gasteiger partial charge on any atom is 0.0952 e. The van der Waals surface area contributed by atoms with Crippen LogP contribution in [0.1, 0.15) is 41.7 Å². The van der Waals surface area contributed by atoms with Crippen LogP contribution in [0.3, 0.4) is 0 Å². The first-order chi connectivity index (χ1) is 11.2. The van der Waals surface area contributed by atoms with Crippen LogP contribution in [0.25, 0.3) is 0 Å². The molecule has 1 aliphatic heterocycles. The molecule has 2 heterocycles. The summed E-state index contributed by atoms with van der Waals surface area (Å²) in [5.74, 6) is 0.727. The van der Waals surface area contributed by atoms with Crippen molar-refractivity contribution in [2.45, 2.75) is 31.4 Å². The van der Waals surface area contributed by atoms with Crippen LogP contribution in [0.5, 0.6) is 0 Å². The van der Waals surface area contributed by atoms with Gasteiger partial charge in [-0.2, -0.15) is 5.10 Å². The molecule has 1 unspecified atom stereocenters. The van der Waals surface area contributed by atoms with E-state index in [1.165, 1.54) is 29.7 Å². The molecule has 0 amide bonds. The number of morpholine rings is 1. The second-order valence-electron chi connectivity index (χ2n) is 6.60. The minimum Gasteiger partial charge on any atom is -0.371 e. The Labute approximate surface area is 142 Å². The first-order valence-electron chi connectivity index (χ1n) is 8.31. The van der Waals surface area contributed by atoms with Crippen LogP contribution in [0.15, 0.2) is 30.5 Å².